The normalized spacial score (nSPS) is 9.82. The number of aromatic nitrogens is 16. The van der Waals surface area contributed by atoms with Gasteiger partial charge in [-0.1, -0.05) is 20.4 Å². The van der Waals surface area contributed by atoms with E-state index in [0.29, 0.717) is 23.8 Å². The lowest BCUT2D eigenvalue weighted by molar-refractivity contribution is 0.881. The zero-order valence-corrected chi connectivity index (χ0v) is 10.4. The molecule has 4 rings (SSSR count). The molecule has 0 fully saturated rings. The van der Waals surface area contributed by atoms with E-state index in [1.165, 1.54) is 0 Å². The molecule has 22 heavy (non-hydrogen) atoms. The van der Waals surface area contributed by atoms with E-state index in [2.05, 4.69) is 93.1 Å². The third-order valence-corrected chi connectivity index (χ3v) is 1.83. The summed E-state index contributed by atoms with van der Waals surface area (Å²) < 4.78 is 0. The summed E-state index contributed by atoms with van der Waals surface area (Å²) in [6.45, 7) is 0. The van der Waals surface area contributed by atoms with Crippen molar-refractivity contribution in [3.05, 3.63) is 0 Å². The Labute approximate surface area is 118 Å². The first kappa shape index (κ1) is 12.9. The van der Waals surface area contributed by atoms with Crippen LogP contribution in [0.2, 0.25) is 0 Å². The lowest BCUT2D eigenvalue weighted by Gasteiger charge is -1.87. The molecule has 4 aromatic heterocycles. The average molecular weight is 306 g/mol. The van der Waals surface area contributed by atoms with E-state index in [4.69, 9.17) is 0 Å². The van der Waals surface area contributed by atoms with Gasteiger partial charge in [-0.3, -0.25) is 10.6 Å². The maximum absolute atomic E-state index is 3.61. The van der Waals surface area contributed by atoms with E-state index in [1.807, 2.05) is 0 Å². The first-order valence-electron chi connectivity index (χ1n) is 5.38. The molecule has 0 aliphatic rings. The third-order valence-electron chi connectivity index (χ3n) is 1.83. The monoisotopic (exact) mass is 306 g/mol. The van der Waals surface area contributed by atoms with E-state index in [1.54, 1.807) is 0 Å². The molecule has 18 nitrogen and oxygen atoms in total. The van der Waals surface area contributed by atoms with Crippen molar-refractivity contribution >= 4 is 23.8 Å². The number of H-pyrrole nitrogens is 4. The first-order valence-corrected chi connectivity index (χ1v) is 5.38. The minimum atomic E-state index is 0.298. The van der Waals surface area contributed by atoms with Crippen LogP contribution in [0.4, 0.5) is 23.8 Å². The number of nitrogens with zero attached hydrogens (tertiary/aromatic N) is 12. The van der Waals surface area contributed by atoms with Crippen LogP contribution >= 0.6 is 0 Å². The molecule has 0 radical (unpaired) electrons. The molecule has 6 N–H and O–H groups in total. The van der Waals surface area contributed by atoms with Crippen LogP contribution in [0.15, 0.2) is 0 Å². The second-order valence-electron chi connectivity index (χ2n) is 3.19. The van der Waals surface area contributed by atoms with Gasteiger partial charge in [-0.05, 0) is 20.9 Å². The molecule has 0 spiro atoms. The fraction of sp³-hybridized carbons (Fsp3) is 0. The molecule has 0 saturated carbocycles. The van der Waals surface area contributed by atoms with Crippen LogP contribution in [-0.4, -0.2) is 82.5 Å². The quantitative estimate of drug-likeness (QED) is 0.219. The summed E-state index contributed by atoms with van der Waals surface area (Å²) >= 11 is 0. The summed E-state index contributed by atoms with van der Waals surface area (Å²) in [6.07, 6.45) is 0. The highest BCUT2D eigenvalue weighted by molar-refractivity contribution is 5.38. The Morgan fingerprint density at radius 3 is 0.909 bits per heavy atom. The molecule has 0 bridgehead atoms. The van der Waals surface area contributed by atoms with Crippen LogP contribution in [0.1, 0.15) is 0 Å². The van der Waals surface area contributed by atoms with Crippen LogP contribution in [0.25, 0.3) is 0 Å². The van der Waals surface area contributed by atoms with Gasteiger partial charge >= 0.3 is 0 Å². The van der Waals surface area contributed by atoms with Crippen molar-refractivity contribution in [1.29, 1.82) is 0 Å². The highest BCUT2D eigenvalue weighted by atomic mass is 15.6. The van der Waals surface area contributed by atoms with Gasteiger partial charge in [-0.15, -0.1) is 20.4 Å². The largest absolute Gasteiger partial charge is 0.287 e. The Morgan fingerprint density at radius 2 is 0.727 bits per heavy atom. The van der Waals surface area contributed by atoms with E-state index in [9.17, 15) is 0 Å². The first-order chi connectivity index (χ1) is 10.9. The van der Waals surface area contributed by atoms with Crippen molar-refractivity contribution < 1.29 is 0 Å². The summed E-state index contributed by atoms with van der Waals surface area (Å²) in [5, 5.41) is 56.5. The topological polar surface area (TPSA) is 242 Å². The lowest BCUT2D eigenvalue weighted by atomic mass is 10.9. The summed E-state index contributed by atoms with van der Waals surface area (Å²) in [6, 6.07) is 0. The predicted molar refractivity (Wildman–Crippen MR) is 63.3 cm³/mol. The van der Waals surface area contributed by atoms with E-state index in [-0.39, 0.29) is 0 Å². The average Bonchev–Trinajstić information content (AvgIpc) is 3.31. The van der Waals surface area contributed by atoms with Gasteiger partial charge in [0.1, 0.15) is 0 Å². The molecule has 0 amide bonds. The minimum absolute atomic E-state index is 0.298. The van der Waals surface area contributed by atoms with Crippen molar-refractivity contribution in [3.63, 3.8) is 0 Å². The van der Waals surface area contributed by atoms with Crippen LogP contribution in [0, 0.1) is 0 Å². The summed E-state index contributed by atoms with van der Waals surface area (Å²) in [4.78, 5) is 0. The van der Waals surface area contributed by atoms with Crippen molar-refractivity contribution in [2.24, 2.45) is 0 Å². The molecule has 4 aromatic rings. The van der Waals surface area contributed by atoms with Crippen molar-refractivity contribution in [3.8, 4) is 0 Å². The number of hydrogen-bond donors (Lipinski definition) is 6. The zero-order valence-electron chi connectivity index (χ0n) is 10.4. The molecular formula is C4H6N18. The molecule has 0 aliphatic heterocycles. The van der Waals surface area contributed by atoms with Gasteiger partial charge in [0.05, 0.1) is 0 Å². The molecule has 0 atom stereocenters. The van der Waals surface area contributed by atoms with Gasteiger partial charge in [0.15, 0.2) is 0 Å². The van der Waals surface area contributed by atoms with E-state index < -0.39 is 0 Å². The molecular weight excluding hydrogens is 300 g/mol. The smallest absolute Gasteiger partial charge is 0.270 e. The summed E-state index contributed by atoms with van der Waals surface area (Å²) in [7, 11) is 0. The SMILES string of the molecule is n1nc(Nc2nn[nH]n2)n[nH]1.n1nc(Nc2nn[nH]n2)n[nH]1. The Kier molecular flexibility index (Phi) is 3.72. The van der Waals surface area contributed by atoms with Gasteiger partial charge < -0.3 is 0 Å². The molecule has 0 aliphatic carbocycles. The second-order valence-corrected chi connectivity index (χ2v) is 3.19. The van der Waals surface area contributed by atoms with Crippen LogP contribution in [0.5, 0.6) is 0 Å². The van der Waals surface area contributed by atoms with Crippen LogP contribution in [-0.2, 0) is 0 Å². The molecule has 0 aromatic carbocycles. The zero-order chi connectivity index (χ0) is 15.0. The second kappa shape index (κ2) is 6.36. The number of hydrogen-bond acceptors (Lipinski definition) is 14. The number of aromatic amines is 4. The molecule has 18 heteroatoms. The Bertz CT molecular complexity index is 586. The summed E-state index contributed by atoms with van der Waals surface area (Å²) in [5.74, 6) is 1.19. The van der Waals surface area contributed by atoms with Gasteiger partial charge in [0.2, 0.25) is 0 Å². The highest BCUT2D eigenvalue weighted by Crippen LogP contribution is 1.99. The minimum Gasteiger partial charge on any atom is -0.287 e. The maximum atomic E-state index is 3.61. The third kappa shape index (κ3) is 3.46. The fourth-order valence-corrected chi connectivity index (χ4v) is 1.06. The number of tetrazole rings is 4. The van der Waals surface area contributed by atoms with Crippen molar-refractivity contribution in [2.45, 2.75) is 0 Å². The maximum Gasteiger partial charge on any atom is 0.270 e. The molecule has 112 valence electrons. The number of rotatable bonds is 4. The number of nitrogens with one attached hydrogen (secondary N) is 6. The molecule has 0 unspecified atom stereocenters. The summed E-state index contributed by atoms with van der Waals surface area (Å²) in [5.41, 5.74) is 0. The van der Waals surface area contributed by atoms with Crippen molar-refractivity contribution in [2.75, 3.05) is 10.6 Å². The molecule has 0 saturated heterocycles. The van der Waals surface area contributed by atoms with Crippen LogP contribution in [0.3, 0.4) is 0 Å². The predicted octanol–water partition coefficient (Wildman–Crippen LogP) is -3.09. The standard InChI is InChI=1S/2C2H3N9/c2*3(1-4-8-9-5-1)2-6-10-11-7-2/h2*(H3,3,4,5,6,7,8,9,10,11). The fourth-order valence-electron chi connectivity index (χ4n) is 1.06. The Balaban J connectivity index is 0.000000131. The number of anilines is 4. The molecule has 4 heterocycles. The van der Waals surface area contributed by atoms with E-state index in [0.717, 1.165) is 0 Å². The highest BCUT2D eigenvalue weighted by Gasteiger charge is 2.01. The van der Waals surface area contributed by atoms with Crippen LogP contribution < -0.4 is 10.6 Å². The van der Waals surface area contributed by atoms with Crippen molar-refractivity contribution in [1.82, 2.24) is 82.5 Å². The van der Waals surface area contributed by atoms with E-state index >= 15 is 0 Å². The van der Waals surface area contributed by atoms with Gasteiger partial charge in [0, 0.05) is 0 Å². The Hall–Kier alpha value is -4.12. The van der Waals surface area contributed by atoms with Gasteiger partial charge in [0.25, 0.3) is 23.8 Å². The lowest BCUT2D eigenvalue weighted by Crippen LogP contribution is -1.94. The van der Waals surface area contributed by atoms with Gasteiger partial charge in [-0.2, -0.15) is 20.9 Å². The Morgan fingerprint density at radius 1 is 0.455 bits per heavy atom. The van der Waals surface area contributed by atoms with Gasteiger partial charge in [-0.25, -0.2) is 0 Å².